The van der Waals surface area contributed by atoms with Crippen molar-refractivity contribution in [2.24, 2.45) is 0 Å². The smallest absolute Gasteiger partial charge is 0.169 e. The summed E-state index contributed by atoms with van der Waals surface area (Å²) in [6.45, 7) is 0. The number of rotatable bonds is 3. The Bertz CT molecular complexity index is 598. The average Bonchev–Trinajstić information content (AvgIpc) is 2.35. The normalized spacial score (nSPS) is 10.3. The predicted molar refractivity (Wildman–Crippen MR) is 70.3 cm³/mol. The van der Waals surface area contributed by atoms with Gasteiger partial charge in [-0.05, 0) is 23.8 Å². The first-order valence-corrected chi connectivity index (χ1v) is 5.78. The molecule has 2 aromatic carbocycles. The maximum Gasteiger partial charge on any atom is 0.169 e. The van der Waals surface area contributed by atoms with Crippen molar-refractivity contribution in [2.75, 3.05) is 5.73 Å². The van der Waals surface area contributed by atoms with Gasteiger partial charge in [-0.25, -0.2) is 4.39 Å². The van der Waals surface area contributed by atoms with Crippen LogP contribution in [0.5, 0.6) is 0 Å². The Morgan fingerprint density at radius 3 is 2.61 bits per heavy atom. The highest BCUT2D eigenvalue weighted by atomic mass is 35.5. The number of carbonyl (C=O) groups is 1. The van der Waals surface area contributed by atoms with Gasteiger partial charge in [-0.15, -0.1) is 0 Å². The van der Waals surface area contributed by atoms with Gasteiger partial charge in [-0.3, -0.25) is 4.79 Å². The molecule has 0 aliphatic rings. The molecule has 0 radical (unpaired) electrons. The average molecular weight is 264 g/mol. The number of ketones is 1. The Morgan fingerprint density at radius 2 is 1.89 bits per heavy atom. The number of halogens is 2. The van der Waals surface area contributed by atoms with Crippen LogP contribution in [0.1, 0.15) is 15.9 Å². The quantitative estimate of drug-likeness (QED) is 0.680. The van der Waals surface area contributed by atoms with Gasteiger partial charge in [-0.1, -0.05) is 35.9 Å². The summed E-state index contributed by atoms with van der Waals surface area (Å²) in [6, 6.07) is 11.2. The van der Waals surface area contributed by atoms with Gasteiger partial charge in [0.15, 0.2) is 5.78 Å². The Labute approximate surface area is 109 Å². The molecule has 2 aromatic rings. The van der Waals surface area contributed by atoms with E-state index in [0.29, 0.717) is 16.8 Å². The number of nitrogen functional groups attached to an aromatic ring is 1. The molecule has 0 aliphatic heterocycles. The summed E-state index contributed by atoms with van der Waals surface area (Å²) in [4.78, 5) is 12.0. The second-order valence-corrected chi connectivity index (χ2v) is 4.28. The van der Waals surface area contributed by atoms with Crippen LogP contribution >= 0.6 is 11.6 Å². The van der Waals surface area contributed by atoms with Crippen molar-refractivity contribution in [2.45, 2.75) is 6.42 Å². The van der Waals surface area contributed by atoms with Gasteiger partial charge in [-0.2, -0.15) is 0 Å². The van der Waals surface area contributed by atoms with E-state index in [4.69, 9.17) is 17.3 Å². The Hall–Kier alpha value is -1.87. The van der Waals surface area contributed by atoms with Gasteiger partial charge in [0, 0.05) is 17.7 Å². The fourth-order valence-corrected chi connectivity index (χ4v) is 1.90. The first-order valence-electron chi connectivity index (χ1n) is 5.40. The predicted octanol–water partition coefficient (Wildman–Crippen LogP) is 3.49. The number of hydrogen-bond acceptors (Lipinski definition) is 2. The van der Waals surface area contributed by atoms with Crippen molar-refractivity contribution in [3.63, 3.8) is 0 Å². The monoisotopic (exact) mass is 263 g/mol. The Kier molecular flexibility index (Phi) is 3.63. The molecule has 2 rings (SSSR count). The maximum atomic E-state index is 13.2. The Balaban J connectivity index is 2.27. The minimum absolute atomic E-state index is 0.0136. The Morgan fingerprint density at radius 1 is 1.17 bits per heavy atom. The third-order valence-corrected chi connectivity index (χ3v) is 3.07. The standard InChI is InChI=1S/C14H11ClFNO/c15-14-9(4-3-6-11(14)16)8-13(18)10-5-1-2-7-12(10)17/h1-7H,8,17H2. The number of nitrogens with two attached hydrogens (primary N) is 1. The maximum absolute atomic E-state index is 13.2. The van der Waals surface area contributed by atoms with E-state index in [1.807, 2.05) is 0 Å². The van der Waals surface area contributed by atoms with Crippen LogP contribution in [0.3, 0.4) is 0 Å². The summed E-state index contributed by atoms with van der Waals surface area (Å²) in [5.41, 5.74) is 7.02. The largest absolute Gasteiger partial charge is 0.398 e. The van der Waals surface area contributed by atoms with E-state index in [0.717, 1.165) is 0 Å². The van der Waals surface area contributed by atoms with Crippen LogP contribution in [0.15, 0.2) is 42.5 Å². The molecule has 4 heteroatoms. The van der Waals surface area contributed by atoms with Crippen LogP contribution in [0.2, 0.25) is 5.02 Å². The van der Waals surface area contributed by atoms with E-state index in [-0.39, 0.29) is 17.2 Å². The second kappa shape index (κ2) is 5.19. The van der Waals surface area contributed by atoms with Crippen LogP contribution in [0.4, 0.5) is 10.1 Å². The van der Waals surface area contributed by atoms with Gasteiger partial charge >= 0.3 is 0 Å². The molecule has 0 spiro atoms. The van der Waals surface area contributed by atoms with Crippen molar-refractivity contribution in [1.82, 2.24) is 0 Å². The molecule has 92 valence electrons. The van der Waals surface area contributed by atoms with Crippen molar-refractivity contribution >= 4 is 23.1 Å². The molecule has 2 N–H and O–H groups in total. The molecule has 0 fully saturated rings. The van der Waals surface area contributed by atoms with Gasteiger partial charge < -0.3 is 5.73 Å². The first kappa shape index (κ1) is 12.6. The lowest BCUT2D eigenvalue weighted by Crippen LogP contribution is -2.07. The number of para-hydroxylation sites is 1. The minimum Gasteiger partial charge on any atom is -0.398 e. The van der Waals surface area contributed by atoms with Gasteiger partial charge in [0.1, 0.15) is 5.82 Å². The van der Waals surface area contributed by atoms with Crippen LogP contribution < -0.4 is 5.73 Å². The van der Waals surface area contributed by atoms with E-state index >= 15 is 0 Å². The highest BCUT2D eigenvalue weighted by Gasteiger charge is 2.13. The number of anilines is 1. The second-order valence-electron chi connectivity index (χ2n) is 3.90. The molecule has 0 atom stereocenters. The SMILES string of the molecule is Nc1ccccc1C(=O)Cc1cccc(F)c1Cl. The minimum atomic E-state index is -0.525. The summed E-state index contributed by atoms with van der Waals surface area (Å²) in [5.74, 6) is -0.705. The molecular weight excluding hydrogens is 253 g/mol. The number of Topliss-reactive ketones (excluding diaryl/α,β-unsaturated/α-hetero) is 1. The zero-order valence-corrected chi connectivity index (χ0v) is 10.2. The molecule has 0 amide bonds. The highest BCUT2D eigenvalue weighted by molar-refractivity contribution is 6.31. The van der Waals surface area contributed by atoms with E-state index in [1.165, 1.54) is 12.1 Å². The fourth-order valence-electron chi connectivity index (χ4n) is 1.70. The van der Waals surface area contributed by atoms with Crippen LogP contribution in [0, 0.1) is 5.82 Å². The van der Waals surface area contributed by atoms with Crippen molar-refractivity contribution in [1.29, 1.82) is 0 Å². The van der Waals surface area contributed by atoms with Gasteiger partial charge in [0.2, 0.25) is 0 Å². The molecule has 18 heavy (non-hydrogen) atoms. The molecule has 2 nitrogen and oxygen atoms in total. The molecule has 0 saturated heterocycles. The third-order valence-electron chi connectivity index (χ3n) is 2.64. The lowest BCUT2D eigenvalue weighted by atomic mass is 10.0. The van der Waals surface area contributed by atoms with Gasteiger partial charge in [0.05, 0.1) is 5.02 Å². The van der Waals surface area contributed by atoms with Crippen LogP contribution in [-0.2, 0) is 6.42 Å². The van der Waals surface area contributed by atoms with E-state index in [2.05, 4.69) is 0 Å². The van der Waals surface area contributed by atoms with Crippen LogP contribution in [0.25, 0.3) is 0 Å². The molecular formula is C14H11ClFNO. The molecule has 0 saturated carbocycles. The number of benzene rings is 2. The third kappa shape index (κ3) is 2.51. The highest BCUT2D eigenvalue weighted by Crippen LogP contribution is 2.22. The van der Waals surface area contributed by atoms with E-state index in [1.54, 1.807) is 30.3 Å². The topological polar surface area (TPSA) is 43.1 Å². The first-order chi connectivity index (χ1) is 8.59. The summed E-state index contributed by atoms with van der Waals surface area (Å²) >= 11 is 5.81. The molecule has 0 bridgehead atoms. The van der Waals surface area contributed by atoms with E-state index < -0.39 is 5.82 Å². The fraction of sp³-hybridized carbons (Fsp3) is 0.0714. The number of carbonyl (C=O) groups excluding carboxylic acids is 1. The summed E-state index contributed by atoms with van der Waals surface area (Å²) < 4.78 is 13.2. The summed E-state index contributed by atoms with van der Waals surface area (Å²) in [6.07, 6.45) is 0.0325. The summed E-state index contributed by atoms with van der Waals surface area (Å²) in [5, 5.41) is -0.0136. The molecule has 0 heterocycles. The zero-order chi connectivity index (χ0) is 13.1. The zero-order valence-electron chi connectivity index (χ0n) is 9.49. The van der Waals surface area contributed by atoms with Gasteiger partial charge in [0.25, 0.3) is 0 Å². The lowest BCUT2D eigenvalue weighted by molar-refractivity contribution is 0.0994. The van der Waals surface area contributed by atoms with Crippen molar-refractivity contribution in [3.8, 4) is 0 Å². The van der Waals surface area contributed by atoms with E-state index in [9.17, 15) is 9.18 Å². The van der Waals surface area contributed by atoms with Crippen molar-refractivity contribution < 1.29 is 9.18 Å². The van der Waals surface area contributed by atoms with Crippen molar-refractivity contribution in [3.05, 3.63) is 64.4 Å². The lowest BCUT2D eigenvalue weighted by Gasteiger charge is -2.06. The molecule has 0 aromatic heterocycles. The molecule has 0 unspecified atom stereocenters. The van der Waals surface area contributed by atoms with Crippen LogP contribution in [-0.4, -0.2) is 5.78 Å². The number of hydrogen-bond donors (Lipinski definition) is 1. The summed E-state index contributed by atoms with van der Waals surface area (Å²) in [7, 11) is 0. The molecule has 0 aliphatic carbocycles.